The van der Waals surface area contributed by atoms with Gasteiger partial charge in [0, 0.05) is 12.1 Å². The molecule has 0 radical (unpaired) electrons. The molecule has 26 heteroatoms. The minimum absolute atomic E-state index is 0.0563. The fourth-order valence-corrected chi connectivity index (χ4v) is 17.0. The van der Waals surface area contributed by atoms with Crippen molar-refractivity contribution >= 4 is 52.1 Å². The topological polar surface area (TPSA) is 327 Å². The third-order valence-electron chi connectivity index (χ3n) is 14.6. The van der Waals surface area contributed by atoms with Gasteiger partial charge in [0.05, 0.1) is 45.2 Å². The summed E-state index contributed by atoms with van der Waals surface area (Å²) in [4.78, 5) is 0. The fraction of sp³-hybridized carbons (Fsp3) is 1.00. The lowest BCUT2D eigenvalue weighted by molar-refractivity contribution is 0.143. The molecule has 6 saturated carbocycles. The van der Waals surface area contributed by atoms with E-state index in [1.165, 1.54) is 0 Å². The van der Waals surface area contributed by atoms with Gasteiger partial charge < -0.3 is 0 Å². The van der Waals surface area contributed by atoms with E-state index in [1.807, 2.05) is 0 Å². The number of hydrogen-bond donors (Lipinski definition) is 9. The van der Waals surface area contributed by atoms with Crippen LogP contribution < -0.4 is 26.6 Å². The molecule has 0 amide bonds. The summed E-state index contributed by atoms with van der Waals surface area (Å²) in [5, 5.41) is 30.8. The van der Waals surface area contributed by atoms with E-state index in [4.69, 9.17) is 11.6 Å². The van der Waals surface area contributed by atoms with Crippen molar-refractivity contribution in [3.8, 4) is 0 Å². The second-order valence-electron chi connectivity index (χ2n) is 18.5. The summed E-state index contributed by atoms with van der Waals surface area (Å²) in [5.74, 6) is -2.39. The van der Waals surface area contributed by atoms with Gasteiger partial charge in [-0.05, 0) is 126 Å². The summed E-state index contributed by atoms with van der Waals surface area (Å²) in [6.07, 6.45) is 8.37. The second-order valence-corrected chi connectivity index (χ2v) is 25.5. The van der Waals surface area contributed by atoms with Crippen LogP contribution in [0.1, 0.15) is 116 Å². The average Bonchev–Trinajstić information content (AvgIpc) is 3.17. The van der Waals surface area contributed by atoms with Gasteiger partial charge in [-0.25, -0.2) is 0 Å². The molecule has 7 fully saturated rings. The Hall–Kier alpha value is -1.07. The van der Waals surface area contributed by atoms with Crippen LogP contribution in [0.5, 0.6) is 0 Å². The van der Waals surface area contributed by atoms with Crippen LogP contribution >= 0.6 is 11.6 Å². The predicted molar refractivity (Wildman–Crippen MR) is 224 cm³/mol. The Morgan fingerprint density at radius 2 is 0.754 bits per heavy atom. The van der Waals surface area contributed by atoms with Gasteiger partial charge in [0.1, 0.15) is 18.2 Å². The maximum absolute atomic E-state index is 12.4. The van der Waals surface area contributed by atoms with Crippen molar-refractivity contribution in [3.63, 3.8) is 0 Å². The molecule has 0 aromatic rings. The Labute approximate surface area is 364 Å². The molecule has 0 aromatic carbocycles. The van der Waals surface area contributed by atoms with Crippen LogP contribution in [0.4, 0.5) is 0 Å². The number of azo groups is 2. The van der Waals surface area contributed by atoms with Gasteiger partial charge in [-0.2, -0.15) is 54.1 Å². The normalized spacial score (nSPS) is 43.5. The first kappa shape index (κ1) is 47.9. The van der Waals surface area contributed by atoms with Crippen molar-refractivity contribution < 1.29 is 51.9 Å². The number of hydrogen-bond acceptors (Lipinski definition) is 17. The summed E-state index contributed by atoms with van der Waals surface area (Å²) in [6, 6.07) is -1.09. The zero-order valence-electron chi connectivity index (χ0n) is 33.9. The van der Waals surface area contributed by atoms with Crippen LogP contribution in [-0.2, 0) is 40.5 Å². The summed E-state index contributed by atoms with van der Waals surface area (Å²) in [7, 11) is -17.7. The molecule has 12 unspecified atom stereocenters. The van der Waals surface area contributed by atoms with E-state index in [0.717, 1.165) is 51.4 Å². The molecule has 9 N–H and O–H groups in total. The van der Waals surface area contributed by atoms with Crippen LogP contribution in [-0.4, -0.2) is 127 Å². The van der Waals surface area contributed by atoms with Gasteiger partial charge in [0.25, 0.3) is 40.5 Å². The van der Waals surface area contributed by atoms with Gasteiger partial charge in [-0.1, -0.05) is 24.4 Å². The Morgan fingerprint density at radius 1 is 0.410 bits per heavy atom. The van der Waals surface area contributed by atoms with Crippen LogP contribution in [0.3, 0.4) is 0 Å². The molecule has 0 spiro atoms. The maximum Gasteiger partial charge on any atom is 0.268 e. The predicted octanol–water partition coefficient (Wildman–Crippen LogP) is 2.75. The lowest BCUT2D eigenvalue weighted by atomic mass is 9.69. The smallest absolute Gasteiger partial charge is 0.268 e. The van der Waals surface area contributed by atoms with Crippen molar-refractivity contribution in [2.45, 2.75) is 191 Å². The van der Waals surface area contributed by atoms with Crippen LogP contribution in [0, 0.1) is 23.7 Å². The van der Waals surface area contributed by atoms with E-state index in [0.29, 0.717) is 25.7 Å². The standard InChI is InChI=1S/C35H62ClN9O12S4/c36-33-39-34(37-19-7-11-21(12-8-19)42-44-23-15-27-25(31(17-23)60(52,53)54)3-1-5-29(27)58(46,47)48)41-35(40-33)38-20-9-13-22(14-10-20)43-45-24-16-28-26(32(18-24)61(55,56)57)4-2-6-30(28)59(49,50)51/h19-35,37-41H,1-18H2,(H,46,47,48)(H,49,50,51)(H,52,53,54)(H,55,56,57). The largest absolute Gasteiger partial charge is 0.287 e. The van der Waals surface area contributed by atoms with Gasteiger partial charge in [-0.3, -0.25) is 44.8 Å². The average molecular weight is 965 g/mol. The zero-order chi connectivity index (χ0) is 43.9. The highest BCUT2D eigenvalue weighted by Gasteiger charge is 2.52. The molecular formula is C35H62ClN9O12S4. The summed E-state index contributed by atoms with van der Waals surface area (Å²) >= 11 is 6.55. The maximum atomic E-state index is 12.4. The van der Waals surface area contributed by atoms with E-state index < -0.39 is 103 Å². The quantitative estimate of drug-likeness (QED) is 0.0588. The number of nitrogens with one attached hydrogen (secondary N) is 5. The fourth-order valence-electron chi connectivity index (χ4n) is 11.8. The Kier molecular flexibility index (Phi) is 15.2. The number of halogens is 1. The highest BCUT2D eigenvalue weighted by Crippen LogP contribution is 2.48. The molecule has 61 heavy (non-hydrogen) atoms. The minimum atomic E-state index is -4.46. The van der Waals surface area contributed by atoms with E-state index in [2.05, 4.69) is 47.0 Å². The highest BCUT2D eigenvalue weighted by atomic mass is 35.5. The molecule has 1 aliphatic heterocycles. The van der Waals surface area contributed by atoms with Crippen molar-refractivity contribution in [2.24, 2.45) is 44.1 Å². The molecule has 7 rings (SSSR count). The number of nitrogens with zero attached hydrogens (tertiary/aromatic N) is 4. The lowest BCUT2D eigenvalue weighted by Crippen LogP contribution is -2.75. The molecule has 0 aromatic heterocycles. The molecule has 21 nitrogen and oxygen atoms in total. The van der Waals surface area contributed by atoms with Crippen molar-refractivity contribution in [1.29, 1.82) is 0 Å². The Bertz CT molecular complexity index is 1900. The van der Waals surface area contributed by atoms with E-state index in [1.54, 1.807) is 0 Å². The molecule has 1 heterocycles. The van der Waals surface area contributed by atoms with E-state index in [9.17, 15) is 51.9 Å². The van der Waals surface area contributed by atoms with Gasteiger partial charge in [0.2, 0.25) is 0 Å². The van der Waals surface area contributed by atoms with Crippen molar-refractivity contribution in [3.05, 3.63) is 0 Å². The number of rotatable bonds is 12. The number of fused-ring (bicyclic) bond motifs is 2. The molecule has 7 aliphatic rings. The molecule has 12 atom stereocenters. The molecule has 6 aliphatic carbocycles. The van der Waals surface area contributed by atoms with Crippen molar-refractivity contribution in [1.82, 2.24) is 26.6 Å². The molecule has 350 valence electrons. The van der Waals surface area contributed by atoms with Gasteiger partial charge >= 0.3 is 0 Å². The first-order valence-corrected chi connectivity index (χ1v) is 28.2. The monoisotopic (exact) mass is 963 g/mol. The summed E-state index contributed by atoms with van der Waals surface area (Å²) < 4.78 is 138. The third kappa shape index (κ3) is 12.2. The van der Waals surface area contributed by atoms with E-state index >= 15 is 0 Å². The van der Waals surface area contributed by atoms with Crippen LogP contribution in [0.25, 0.3) is 0 Å². The van der Waals surface area contributed by atoms with E-state index in [-0.39, 0.29) is 75.3 Å². The SMILES string of the molecule is O=S(=O)(O)C1CCCC2C1CC(N=NC1CCC(NC3NC(Cl)NC(NC4CCC(N=NC5CC6C(CCCC6S(=O)(=O)O)C(S(=O)(=O)O)C5)CC4)N3)CC1)CC2S(=O)(=O)O. The number of alkyl halides is 1. The second kappa shape index (κ2) is 19.4. The summed E-state index contributed by atoms with van der Waals surface area (Å²) in [5.41, 5.74) is -0.538. The third-order valence-corrected chi connectivity index (χ3v) is 20.2. The van der Waals surface area contributed by atoms with Crippen LogP contribution in [0.2, 0.25) is 0 Å². The molecule has 1 saturated heterocycles. The zero-order valence-corrected chi connectivity index (χ0v) is 37.9. The Morgan fingerprint density at radius 3 is 1.10 bits per heavy atom. The minimum Gasteiger partial charge on any atom is -0.287 e. The Balaban J connectivity index is 0.854. The first-order chi connectivity index (χ1) is 28.6. The van der Waals surface area contributed by atoms with Gasteiger partial charge in [-0.15, -0.1) is 0 Å². The van der Waals surface area contributed by atoms with Crippen LogP contribution in [0.15, 0.2) is 20.5 Å². The lowest BCUT2D eigenvalue weighted by Gasteiger charge is -2.44. The van der Waals surface area contributed by atoms with Crippen molar-refractivity contribution in [2.75, 3.05) is 0 Å². The molecule has 0 bridgehead atoms. The van der Waals surface area contributed by atoms with Gasteiger partial charge in [0.15, 0.2) is 0 Å². The first-order valence-electron chi connectivity index (χ1n) is 21.7. The summed E-state index contributed by atoms with van der Waals surface area (Å²) in [6.45, 7) is 0. The highest BCUT2D eigenvalue weighted by molar-refractivity contribution is 7.87. The molecular weight excluding hydrogens is 902 g/mol.